The third-order valence-corrected chi connectivity index (χ3v) is 2.52. The summed E-state index contributed by atoms with van der Waals surface area (Å²) in [4.78, 5) is 12.0. The van der Waals surface area contributed by atoms with E-state index >= 15 is 0 Å². The quantitative estimate of drug-likeness (QED) is 0.710. The van der Waals surface area contributed by atoms with Gasteiger partial charge in [0, 0.05) is 5.57 Å². The third-order valence-electron chi connectivity index (χ3n) is 2.52. The lowest BCUT2D eigenvalue weighted by atomic mass is 9.87. The fourth-order valence-electron chi connectivity index (χ4n) is 1.71. The summed E-state index contributed by atoms with van der Waals surface area (Å²) in [5.74, 6) is -0.0251. The van der Waals surface area contributed by atoms with Crippen LogP contribution in [0.4, 0.5) is 0 Å². The summed E-state index contributed by atoms with van der Waals surface area (Å²) in [6, 6.07) is 9.79. The highest BCUT2D eigenvalue weighted by Crippen LogP contribution is 2.25. The van der Waals surface area contributed by atoms with Crippen molar-refractivity contribution in [2.24, 2.45) is 0 Å². The maximum absolute atomic E-state index is 12.0. The molecule has 1 atom stereocenters. The monoisotopic (exact) mass is 196 g/mol. The van der Waals surface area contributed by atoms with Crippen molar-refractivity contribution < 1.29 is 4.79 Å². The number of carbonyl (C=O) groups is 1. The molecule has 0 heterocycles. The van der Waals surface area contributed by atoms with Gasteiger partial charge in [-0.2, -0.15) is 0 Å². The minimum atomic E-state index is -0.149. The first-order valence-electron chi connectivity index (χ1n) is 4.93. The minimum absolute atomic E-state index is 0.124. The van der Waals surface area contributed by atoms with E-state index in [1.807, 2.05) is 42.5 Å². The second-order valence-corrected chi connectivity index (χ2v) is 3.46. The highest BCUT2D eigenvalue weighted by Gasteiger charge is 2.21. The van der Waals surface area contributed by atoms with Crippen molar-refractivity contribution in [2.75, 3.05) is 0 Å². The Morgan fingerprint density at radius 2 is 1.93 bits per heavy atom. The Balaban J connectivity index is 2.34. The zero-order valence-electron chi connectivity index (χ0n) is 8.39. The van der Waals surface area contributed by atoms with E-state index in [0.29, 0.717) is 5.57 Å². The fourth-order valence-corrected chi connectivity index (χ4v) is 1.71. The zero-order chi connectivity index (χ0) is 10.7. The van der Waals surface area contributed by atoms with E-state index in [1.165, 1.54) is 0 Å². The Bertz CT molecular complexity index is 438. The molecule has 0 aromatic heterocycles. The Kier molecular flexibility index (Phi) is 2.64. The fraction of sp³-hybridized carbons (Fsp3) is 0.0714. The SMILES string of the molecule is C=CC1=CC=CC(c2ccccc2)C1=O. The molecule has 0 N–H and O–H groups in total. The van der Waals surface area contributed by atoms with E-state index in [9.17, 15) is 4.79 Å². The van der Waals surface area contributed by atoms with Crippen molar-refractivity contribution >= 4 is 5.78 Å². The first-order valence-corrected chi connectivity index (χ1v) is 4.93. The van der Waals surface area contributed by atoms with Crippen LogP contribution < -0.4 is 0 Å². The summed E-state index contributed by atoms with van der Waals surface area (Å²) in [6.07, 6.45) is 7.25. The second kappa shape index (κ2) is 4.09. The van der Waals surface area contributed by atoms with Crippen LogP contribution in [0.2, 0.25) is 0 Å². The van der Waals surface area contributed by atoms with Crippen molar-refractivity contribution in [1.29, 1.82) is 0 Å². The molecule has 0 bridgehead atoms. The summed E-state index contributed by atoms with van der Waals surface area (Å²) in [7, 11) is 0. The van der Waals surface area contributed by atoms with E-state index < -0.39 is 0 Å². The summed E-state index contributed by atoms with van der Waals surface area (Å²) in [6.45, 7) is 3.64. The topological polar surface area (TPSA) is 17.1 Å². The smallest absolute Gasteiger partial charge is 0.174 e. The summed E-state index contributed by atoms with van der Waals surface area (Å²) >= 11 is 0. The van der Waals surface area contributed by atoms with E-state index in [2.05, 4.69) is 6.58 Å². The van der Waals surface area contributed by atoms with Crippen LogP contribution in [0.25, 0.3) is 0 Å². The summed E-state index contributed by atoms with van der Waals surface area (Å²) in [5.41, 5.74) is 1.72. The van der Waals surface area contributed by atoms with E-state index in [4.69, 9.17) is 0 Å². The number of hydrogen-bond donors (Lipinski definition) is 0. The van der Waals surface area contributed by atoms with E-state index in [0.717, 1.165) is 5.56 Å². The molecule has 1 aromatic carbocycles. The van der Waals surface area contributed by atoms with Gasteiger partial charge in [0.15, 0.2) is 5.78 Å². The van der Waals surface area contributed by atoms with Gasteiger partial charge < -0.3 is 0 Å². The summed E-state index contributed by atoms with van der Waals surface area (Å²) in [5, 5.41) is 0. The van der Waals surface area contributed by atoms with Crippen molar-refractivity contribution in [1.82, 2.24) is 0 Å². The Morgan fingerprint density at radius 1 is 1.20 bits per heavy atom. The number of benzene rings is 1. The predicted octanol–water partition coefficient (Wildman–Crippen LogP) is 3.02. The maximum atomic E-state index is 12.0. The van der Waals surface area contributed by atoms with Crippen LogP contribution in [0.1, 0.15) is 11.5 Å². The highest BCUT2D eigenvalue weighted by molar-refractivity contribution is 6.05. The molecule has 1 aromatic rings. The van der Waals surface area contributed by atoms with E-state index in [-0.39, 0.29) is 11.7 Å². The molecule has 1 unspecified atom stereocenters. The molecule has 0 saturated heterocycles. The van der Waals surface area contributed by atoms with Crippen molar-refractivity contribution in [3.05, 3.63) is 72.4 Å². The van der Waals surface area contributed by atoms with Crippen LogP contribution in [0.15, 0.2) is 66.8 Å². The number of allylic oxidation sites excluding steroid dienone is 5. The predicted molar refractivity (Wildman–Crippen MR) is 61.6 cm³/mol. The molecule has 0 aliphatic heterocycles. The third kappa shape index (κ3) is 1.82. The van der Waals surface area contributed by atoms with Crippen LogP contribution in [-0.2, 0) is 4.79 Å². The molecular formula is C14H12O. The molecule has 0 fully saturated rings. The number of carbonyl (C=O) groups excluding carboxylic acids is 1. The van der Waals surface area contributed by atoms with Crippen LogP contribution in [0.5, 0.6) is 0 Å². The van der Waals surface area contributed by atoms with Gasteiger partial charge in [-0.05, 0) is 5.56 Å². The lowest BCUT2D eigenvalue weighted by molar-refractivity contribution is -0.115. The lowest BCUT2D eigenvalue weighted by Crippen LogP contribution is -2.14. The molecule has 1 heteroatoms. The van der Waals surface area contributed by atoms with E-state index in [1.54, 1.807) is 12.2 Å². The number of ketones is 1. The van der Waals surface area contributed by atoms with Crippen LogP contribution in [-0.4, -0.2) is 5.78 Å². The molecule has 0 saturated carbocycles. The molecule has 1 aliphatic carbocycles. The van der Waals surface area contributed by atoms with Crippen molar-refractivity contribution in [2.45, 2.75) is 5.92 Å². The maximum Gasteiger partial charge on any atom is 0.174 e. The van der Waals surface area contributed by atoms with Crippen molar-refractivity contribution in [3.63, 3.8) is 0 Å². The zero-order valence-corrected chi connectivity index (χ0v) is 8.39. The molecule has 1 nitrogen and oxygen atoms in total. The first-order chi connectivity index (χ1) is 7.33. The molecule has 15 heavy (non-hydrogen) atoms. The standard InChI is InChI=1S/C14H12O/c1-2-11-9-6-10-13(14(11)15)12-7-4-3-5-8-12/h2-10,13H,1H2. The Morgan fingerprint density at radius 3 is 2.60 bits per heavy atom. The first kappa shape index (κ1) is 9.66. The normalized spacial score (nSPS) is 19.9. The molecule has 0 amide bonds. The minimum Gasteiger partial charge on any atom is -0.293 e. The number of rotatable bonds is 2. The Labute approximate surface area is 89.4 Å². The molecule has 1 aliphatic rings. The van der Waals surface area contributed by atoms with Crippen LogP contribution in [0, 0.1) is 0 Å². The van der Waals surface area contributed by atoms with Crippen molar-refractivity contribution in [3.8, 4) is 0 Å². The Hall–Kier alpha value is -1.89. The lowest BCUT2D eigenvalue weighted by Gasteiger charge is -2.15. The van der Waals surface area contributed by atoms with Gasteiger partial charge in [0.2, 0.25) is 0 Å². The highest BCUT2D eigenvalue weighted by atomic mass is 16.1. The molecule has 2 rings (SSSR count). The molecule has 74 valence electrons. The van der Waals surface area contributed by atoms with Gasteiger partial charge in [-0.3, -0.25) is 4.79 Å². The number of hydrogen-bond acceptors (Lipinski definition) is 1. The number of Topliss-reactive ketones (excluding diaryl/α,β-unsaturated/α-hetero) is 1. The summed E-state index contributed by atoms with van der Waals surface area (Å²) < 4.78 is 0. The van der Waals surface area contributed by atoms with Gasteiger partial charge in [0.05, 0.1) is 5.92 Å². The largest absolute Gasteiger partial charge is 0.293 e. The van der Waals surface area contributed by atoms with Gasteiger partial charge in [-0.25, -0.2) is 0 Å². The second-order valence-electron chi connectivity index (χ2n) is 3.46. The molecular weight excluding hydrogens is 184 g/mol. The van der Waals surface area contributed by atoms with Gasteiger partial charge >= 0.3 is 0 Å². The van der Waals surface area contributed by atoms with Crippen LogP contribution >= 0.6 is 0 Å². The average molecular weight is 196 g/mol. The molecule has 0 radical (unpaired) electrons. The van der Waals surface area contributed by atoms with Gasteiger partial charge in [-0.15, -0.1) is 0 Å². The van der Waals surface area contributed by atoms with Crippen LogP contribution in [0.3, 0.4) is 0 Å². The molecule has 0 spiro atoms. The van der Waals surface area contributed by atoms with Gasteiger partial charge in [0.1, 0.15) is 0 Å². The van der Waals surface area contributed by atoms with Gasteiger partial charge in [-0.1, -0.05) is 61.2 Å². The average Bonchev–Trinajstić information content (AvgIpc) is 2.30. The van der Waals surface area contributed by atoms with Gasteiger partial charge in [0.25, 0.3) is 0 Å².